The lowest BCUT2D eigenvalue weighted by atomic mass is 10.0. The zero-order valence-corrected chi connectivity index (χ0v) is 13.5. The van der Waals surface area contributed by atoms with E-state index in [0.717, 1.165) is 19.3 Å². The van der Waals surface area contributed by atoms with Crippen LogP contribution in [0.1, 0.15) is 48.0 Å². The lowest BCUT2D eigenvalue weighted by Crippen LogP contribution is -2.32. The molecular formula is C17H20N2O5. The van der Waals surface area contributed by atoms with Gasteiger partial charge in [-0.25, -0.2) is 4.79 Å². The SMILES string of the molecule is COC(=O)c1cc([N+](=O)[O-])ccc1C=CCC1CCCCC(=O)N1. The molecule has 0 aliphatic carbocycles. The van der Waals surface area contributed by atoms with E-state index in [1.54, 1.807) is 6.08 Å². The minimum atomic E-state index is -0.624. The van der Waals surface area contributed by atoms with Crippen molar-refractivity contribution < 1.29 is 19.2 Å². The van der Waals surface area contributed by atoms with E-state index in [-0.39, 0.29) is 23.2 Å². The predicted octanol–water partition coefficient (Wildman–Crippen LogP) is 2.84. The first-order chi connectivity index (χ1) is 11.5. The number of non-ortho nitro benzene ring substituents is 1. The number of carbonyl (C=O) groups excluding carboxylic acids is 2. The monoisotopic (exact) mass is 332 g/mol. The summed E-state index contributed by atoms with van der Waals surface area (Å²) in [5, 5.41) is 13.8. The molecule has 1 fully saturated rings. The van der Waals surface area contributed by atoms with E-state index in [4.69, 9.17) is 0 Å². The molecule has 1 saturated heterocycles. The molecule has 7 heteroatoms. The fourth-order valence-electron chi connectivity index (χ4n) is 2.67. The molecule has 128 valence electrons. The quantitative estimate of drug-likeness (QED) is 0.508. The minimum absolute atomic E-state index is 0.0662. The Labute approximate surface area is 139 Å². The highest BCUT2D eigenvalue weighted by Crippen LogP contribution is 2.21. The summed E-state index contributed by atoms with van der Waals surface area (Å²) < 4.78 is 4.69. The first kappa shape index (κ1) is 17.7. The summed E-state index contributed by atoms with van der Waals surface area (Å²) in [4.78, 5) is 33.7. The van der Waals surface area contributed by atoms with Crippen LogP contribution in [0, 0.1) is 10.1 Å². The molecular weight excluding hydrogens is 312 g/mol. The topological polar surface area (TPSA) is 98.5 Å². The van der Waals surface area contributed by atoms with Gasteiger partial charge in [-0.1, -0.05) is 18.6 Å². The van der Waals surface area contributed by atoms with E-state index in [1.807, 2.05) is 6.08 Å². The van der Waals surface area contributed by atoms with Gasteiger partial charge in [0, 0.05) is 24.6 Å². The van der Waals surface area contributed by atoms with Crippen LogP contribution in [0.3, 0.4) is 0 Å². The van der Waals surface area contributed by atoms with Gasteiger partial charge < -0.3 is 10.1 Å². The second kappa shape index (κ2) is 8.24. The third-order valence-electron chi connectivity index (χ3n) is 3.94. The summed E-state index contributed by atoms with van der Waals surface area (Å²) in [6, 6.07) is 4.15. The molecule has 0 aromatic heterocycles. The Morgan fingerprint density at radius 1 is 1.46 bits per heavy atom. The standard InChI is InChI=1S/C17H20N2O5/c1-24-17(21)15-11-14(19(22)23)10-9-12(15)5-4-7-13-6-2-3-8-16(20)18-13/h4-5,9-11,13H,2-3,6-8H2,1H3,(H,18,20). The molecule has 0 bridgehead atoms. The summed E-state index contributed by atoms with van der Waals surface area (Å²) in [7, 11) is 1.23. The first-order valence-electron chi connectivity index (χ1n) is 7.84. The van der Waals surface area contributed by atoms with Gasteiger partial charge in [0.1, 0.15) is 0 Å². The van der Waals surface area contributed by atoms with Crippen molar-refractivity contribution in [3.05, 3.63) is 45.5 Å². The van der Waals surface area contributed by atoms with Crippen molar-refractivity contribution in [2.45, 2.75) is 38.1 Å². The van der Waals surface area contributed by atoms with Gasteiger partial charge in [-0.15, -0.1) is 0 Å². The highest BCUT2D eigenvalue weighted by atomic mass is 16.6. The summed E-state index contributed by atoms with van der Waals surface area (Å²) >= 11 is 0. The van der Waals surface area contributed by atoms with Gasteiger partial charge in [-0.3, -0.25) is 14.9 Å². The zero-order chi connectivity index (χ0) is 17.5. The fourth-order valence-corrected chi connectivity index (χ4v) is 2.67. The van der Waals surface area contributed by atoms with Crippen LogP contribution in [-0.4, -0.2) is 30.0 Å². The molecule has 1 N–H and O–H groups in total. The van der Waals surface area contributed by atoms with Crippen LogP contribution in [0.25, 0.3) is 6.08 Å². The summed E-state index contributed by atoms with van der Waals surface area (Å²) in [6.45, 7) is 0. The second-order valence-electron chi connectivity index (χ2n) is 5.67. The number of nitro groups is 1. The lowest BCUT2D eigenvalue weighted by molar-refractivity contribution is -0.384. The number of benzene rings is 1. The number of methoxy groups -OCH3 is 1. The average Bonchev–Trinajstić information content (AvgIpc) is 2.78. The van der Waals surface area contributed by atoms with Gasteiger partial charge in [0.05, 0.1) is 17.6 Å². The van der Waals surface area contributed by atoms with E-state index < -0.39 is 10.9 Å². The third kappa shape index (κ3) is 4.65. The van der Waals surface area contributed by atoms with E-state index in [2.05, 4.69) is 10.1 Å². The van der Waals surface area contributed by atoms with Crippen LogP contribution in [-0.2, 0) is 9.53 Å². The number of hydrogen-bond acceptors (Lipinski definition) is 5. The lowest BCUT2D eigenvalue weighted by Gasteiger charge is -2.13. The largest absolute Gasteiger partial charge is 0.465 e. The van der Waals surface area contributed by atoms with Gasteiger partial charge in [-0.2, -0.15) is 0 Å². The number of nitro benzene ring substituents is 1. The number of nitrogens with one attached hydrogen (secondary N) is 1. The molecule has 1 amide bonds. The van der Waals surface area contributed by atoms with Gasteiger partial charge in [0.15, 0.2) is 0 Å². The Bertz CT molecular complexity index is 669. The molecule has 0 radical (unpaired) electrons. The van der Waals surface area contributed by atoms with E-state index in [9.17, 15) is 19.7 Å². The van der Waals surface area contributed by atoms with Crippen molar-refractivity contribution in [2.24, 2.45) is 0 Å². The van der Waals surface area contributed by atoms with Crippen molar-refractivity contribution in [1.82, 2.24) is 5.32 Å². The molecule has 1 aromatic carbocycles. The number of carbonyl (C=O) groups is 2. The van der Waals surface area contributed by atoms with Crippen LogP contribution < -0.4 is 5.32 Å². The van der Waals surface area contributed by atoms with Gasteiger partial charge in [0.2, 0.25) is 5.91 Å². The number of ether oxygens (including phenoxy) is 1. The molecule has 1 heterocycles. The van der Waals surface area contributed by atoms with Crippen LogP contribution in [0.4, 0.5) is 5.69 Å². The Kier molecular flexibility index (Phi) is 6.06. The highest BCUT2D eigenvalue weighted by molar-refractivity contribution is 5.94. The predicted molar refractivity (Wildman–Crippen MR) is 88.5 cm³/mol. The van der Waals surface area contributed by atoms with E-state index in [0.29, 0.717) is 18.4 Å². The third-order valence-corrected chi connectivity index (χ3v) is 3.94. The minimum Gasteiger partial charge on any atom is -0.465 e. The molecule has 0 saturated carbocycles. The summed E-state index contributed by atoms with van der Waals surface area (Å²) in [5.41, 5.74) is 0.531. The normalized spacial score (nSPS) is 18.0. The molecule has 1 aliphatic heterocycles. The molecule has 1 aromatic rings. The molecule has 1 aliphatic rings. The van der Waals surface area contributed by atoms with Crippen molar-refractivity contribution in [3.63, 3.8) is 0 Å². The zero-order valence-electron chi connectivity index (χ0n) is 13.5. The number of rotatable bonds is 5. The van der Waals surface area contributed by atoms with E-state index in [1.165, 1.54) is 25.3 Å². The number of amides is 1. The van der Waals surface area contributed by atoms with Crippen LogP contribution >= 0.6 is 0 Å². The van der Waals surface area contributed by atoms with Gasteiger partial charge >= 0.3 is 5.97 Å². The van der Waals surface area contributed by atoms with Crippen molar-refractivity contribution in [3.8, 4) is 0 Å². The van der Waals surface area contributed by atoms with E-state index >= 15 is 0 Å². The highest BCUT2D eigenvalue weighted by Gasteiger charge is 2.17. The van der Waals surface area contributed by atoms with Gasteiger partial charge in [-0.05, 0) is 30.9 Å². The number of nitrogens with zero attached hydrogens (tertiary/aromatic N) is 1. The molecule has 1 atom stereocenters. The maximum atomic E-state index is 11.8. The molecule has 7 nitrogen and oxygen atoms in total. The summed E-state index contributed by atoms with van der Waals surface area (Å²) in [5.74, 6) is -0.558. The molecule has 1 unspecified atom stereocenters. The van der Waals surface area contributed by atoms with Crippen LogP contribution in [0.2, 0.25) is 0 Å². The first-order valence-corrected chi connectivity index (χ1v) is 7.84. The molecule has 2 rings (SSSR count). The Morgan fingerprint density at radius 3 is 2.96 bits per heavy atom. The average molecular weight is 332 g/mol. The van der Waals surface area contributed by atoms with Crippen molar-refractivity contribution in [1.29, 1.82) is 0 Å². The molecule has 0 spiro atoms. The van der Waals surface area contributed by atoms with Crippen LogP contribution in [0.5, 0.6) is 0 Å². The number of esters is 1. The van der Waals surface area contributed by atoms with Crippen molar-refractivity contribution >= 4 is 23.6 Å². The molecule has 24 heavy (non-hydrogen) atoms. The summed E-state index contributed by atoms with van der Waals surface area (Å²) in [6.07, 6.45) is 7.62. The van der Waals surface area contributed by atoms with Gasteiger partial charge in [0.25, 0.3) is 5.69 Å². The smallest absolute Gasteiger partial charge is 0.338 e. The van der Waals surface area contributed by atoms with Crippen molar-refractivity contribution in [2.75, 3.05) is 7.11 Å². The second-order valence-corrected chi connectivity index (χ2v) is 5.67. The van der Waals surface area contributed by atoms with Crippen LogP contribution in [0.15, 0.2) is 24.3 Å². The Hall–Kier alpha value is -2.70. The maximum absolute atomic E-state index is 11.8. The Balaban J connectivity index is 2.14. The Morgan fingerprint density at radius 2 is 2.25 bits per heavy atom. The number of hydrogen-bond donors (Lipinski definition) is 1. The fraction of sp³-hybridized carbons (Fsp3) is 0.412. The maximum Gasteiger partial charge on any atom is 0.338 e.